The van der Waals surface area contributed by atoms with Crippen molar-refractivity contribution in [1.82, 2.24) is 9.55 Å². The Morgan fingerprint density at radius 1 is 1.32 bits per heavy atom. The van der Waals surface area contributed by atoms with Crippen molar-refractivity contribution in [3.63, 3.8) is 0 Å². The molecule has 1 aromatic carbocycles. The summed E-state index contributed by atoms with van der Waals surface area (Å²) >= 11 is 3.54. The van der Waals surface area contributed by atoms with Crippen molar-refractivity contribution < 1.29 is 0 Å². The van der Waals surface area contributed by atoms with Crippen LogP contribution in [0, 0.1) is 13.8 Å². The van der Waals surface area contributed by atoms with E-state index < -0.39 is 0 Å². The minimum absolute atomic E-state index is 0.924. The summed E-state index contributed by atoms with van der Waals surface area (Å²) in [5.74, 6) is 0.924. The molecule has 1 N–H and O–H groups in total. The molecular formula is C15H20BrN3. The third-order valence-corrected chi connectivity index (χ3v) is 3.95. The highest BCUT2D eigenvalue weighted by Crippen LogP contribution is 2.22. The van der Waals surface area contributed by atoms with Gasteiger partial charge in [-0.1, -0.05) is 29.3 Å². The molecule has 2 aromatic rings. The summed E-state index contributed by atoms with van der Waals surface area (Å²) in [5.41, 5.74) is 3.39. The molecule has 4 heteroatoms. The molecule has 2 rings (SSSR count). The zero-order valence-electron chi connectivity index (χ0n) is 11.7. The van der Waals surface area contributed by atoms with Crippen molar-refractivity contribution in [3.05, 3.63) is 40.1 Å². The molecule has 0 aliphatic rings. The maximum Gasteiger partial charge on any atom is 0.207 e. The van der Waals surface area contributed by atoms with E-state index >= 15 is 0 Å². The molecule has 0 aliphatic heterocycles. The van der Waals surface area contributed by atoms with E-state index in [1.807, 2.05) is 6.92 Å². The largest absolute Gasteiger partial charge is 0.355 e. The Hall–Kier alpha value is -1.29. The van der Waals surface area contributed by atoms with Crippen molar-refractivity contribution in [2.45, 2.75) is 33.6 Å². The van der Waals surface area contributed by atoms with Crippen LogP contribution < -0.4 is 5.32 Å². The van der Waals surface area contributed by atoms with E-state index in [9.17, 15) is 0 Å². The van der Waals surface area contributed by atoms with Gasteiger partial charge in [-0.3, -0.25) is 4.57 Å². The van der Waals surface area contributed by atoms with Crippen molar-refractivity contribution in [3.8, 4) is 5.69 Å². The van der Waals surface area contributed by atoms with Crippen LogP contribution in [0.15, 0.2) is 28.9 Å². The van der Waals surface area contributed by atoms with Crippen LogP contribution in [0.1, 0.15) is 31.0 Å². The van der Waals surface area contributed by atoms with Crippen LogP contribution in [-0.2, 0) is 0 Å². The predicted molar refractivity (Wildman–Crippen MR) is 84.1 cm³/mol. The number of rotatable bonds is 5. The molecular weight excluding hydrogens is 302 g/mol. The molecule has 0 bridgehead atoms. The average Bonchev–Trinajstić information content (AvgIpc) is 2.74. The van der Waals surface area contributed by atoms with E-state index in [2.05, 4.69) is 69.0 Å². The van der Waals surface area contributed by atoms with E-state index in [1.54, 1.807) is 0 Å². The molecule has 0 saturated carbocycles. The molecule has 3 nitrogen and oxygen atoms in total. The summed E-state index contributed by atoms with van der Waals surface area (Å²) < 4.78 is 3.25. The molecule has 1 aromatic heterocycles. The molecule has 0 radical (unpaired) electrons. The second kappa shape index (κ2) is 6.24. The number of aryl methyl sites for hydroxylation is 2. The Morgan fingerprint density at radius 2 is 2.11 bits per heavy atom. The van der Waals surface area contributed by atoms with Crippen molar-refractivity contribution >= 4 is 21.9 Å². The van der Waals surface area contributed by atoms with E-state index in [0.717, 1.165) is 34.8 Å². The number of imidazole rings is 1. The number of anilines is 1. The molecule has 19 heavy (non-hydrogen) atoms. The number of halogens is 1. The lowest BCUT2D eigenvalue weighted by molar-refractivity contribution is 0.823. The van der Waals surface area contributed by atoms with E-state index in [4.69, 9.17) is 0 Å². The Bertz CT molecular complexity index is 561. The first-order chi connectivity index (χ1) is 9.11. The lowest BCUT2D eigenvalue weighted by Crippen LogP contribution is -2.07. The van der Waals surface area contributed by atoms with Crippen molar-refractivity contribution in [2.24, 2.45) is 0 Å². The van der Waals surface area contributed by atoms with E-state index in [0.29, 0.717) is 0 Å². The van der Waals surface area contributed by atoms with Gasteiger partial charge in [-0.2, -0.15) is 0 Å². The molecule has 0 saturated heterocycles. The van der Waals surface area contributed by atoms with Gasteiger partial charge < -0.3 is 5.32 Å². The summed E-state index contributed by atoms with van der Waals surface area (Å²) in [6.07, 6.45) is 4.41. The summed E-state index contributed by atoms with van der Waals surface area (Å²) in [5, 5.41) is 3.41. The smallest absolute Gasteiger partial charge is 0.207 e. The summed E-state index contributed by atoms with van der Waals surface area (Å²) in [6.45, 7) is 7.27. The Kier molecular flexibility index (Phi) is 4.64. The molecule has 102 valence electrons. The number of nitrogens with zero attached hydrogens (tertiary/aromatic N) is 2. The quantitative estimate of drug-likeness (QED) is 0.824. The first-order valence-corrected chi connectivity index (χ1v) is 7.47. The maximum absolute atomic E-state index is 4.55. The molecule has 0 fully saturated rings. The SMILES string of the molecule is CCCCNc1nc(C)cn1-c1ccc(Br)c(C)c1. The van der Waals surface area contributed by atoms with Gasteiger partial charge in [0, 0.05) is 22.9 Å². The van der Waals surface area contributed by atoms with Gasteiger partial charge in [-0.15, -0.1) is 0 Å². The number of benzene rings is 1. The van der Waals surface area contributed by atoms with Crippen molar-refractivity contribution in [1.29, 1.82) is 0 Å². The van der Waals surface area contributed by atoms with Gasteiger partial charge in [0.15, 0.2) is 0 Å². The second-order valence-electron chi connectivity index (χ2n) is 4.79. The maximum atomic E-state index is 4.55. The first kappa shape index (κ1) is 14.1. The fourth-order valence-corrected chi connectivity index (χ4v) is 2.22. The number of hydrogen-bond donors (Lipinski definition) is 1. The Morgan fingerprint density at radius 3 is 2.79 bits per heavy atom. The van der Waals surface area contributed by atoms with Gasteiger partial charge in [0.2, 0.25) is 5.95 Å². The zero-order chi connectivity index (χ0) is 13.8. The Labute approximate surface area is 123 Å². The molecule has 0 amide bonds. The lowest BCUT2D eigenvalue weighted by Gasteiger charge is -2.10. The van der Waals surface area contributed by atoms with Crippen LogP contribution in [0.2, 0.25) is 0 Å². The van der Waals surface area contributed by atoms with Gasteiger partial charge in [0.1, 0.15) is 0 Å². The van der Waals surface area contributed by atoms with Gasteiger partial charge in [0.25, 0.3) is 0 Å². The van der Waals surface area contributed by atoms with Crippen LogP contribution in [0.3, 0.4) is 0 Å². The third kappa shape index (κ3) is 3.38. The summed E-state index contributed by atoms with van der Waals surface area (Å²) in [6, 6.07) is 6.34. The highest BCUT2D eigenvalue weighted by atomic mass is 79.9. The van der Waals surface area contributed by atoms with E-state index in [-0.39, 0.29) is 0 Å². The normalized spacial score (nSPS) is 10.7. The van der Waals surface area contributed by atoms with Crippen LogP contribution in [0.25, 0.3) is 5.69 Å². The summed E-state index contributed by atoms with van der Waals surface area (Å²) in [4.78, 5) is 4.55. The van der Waals surface area contributed by atoms with E-state index in [1.165, 1.54) is 12.0 Å². The van der Waals surface area contributed by atoms with Gasteiger partial charge in [0.05, 0.1) is 5.69 Å². The number of hydrogen-bond acceptors (Lipinski definition) is 2. The molecule has 1 heterocycles. The fraction of sp³-hybridized carbons (Fsp3) is 0.400. The standard InChI is InChI=1S/C15H20BrN3/c1-4-5-8-17-15-18-12(3)10-19(15)13-6-7-14(16)11(2)9-13/h6-7,9-10H,4-5,8H2,1-3H3,(H,17,18). The van der Waals surface area contributed by atoms with Gasteiger partial charge in [-0.05, 0) is 44.0 Å². The van der Waals surface area contributed by atoms with Crippen molar-refractivity contribution in [2.75, 3.05) is 11.9 Å². The van der Waals surface area contributed by atoms with Crippen LogP contribution in [-0.4, -0.2) is 16.1 Å². The zero-order valence-corrected chi connectivity index (χ0v) is 13.3. The predicted octanol–water partition coefficient (Wildman–Crippen LogP) is 4.46. The number of unbranched alkanes of at least 4 members (excludes halogenated alkanes) is 1. The highest BCUT2D eigenvalue weighted by molar-refractivity contribution is 9.10. The number of aromatic nitrogens is 2. The molecule has 0 unspecified atom stereocenters. The van der Waals surface area contributed by atoms with Crippen LogP contribution in [0.4, 0.5) is 5.95 Å². The van der Waals surface area contributed by atoms with Crippen LogP contribution in [0.5, 0.6) is 0 Å². The molecule has 0 aliphatic carbocycles. The summed E-state index contributed by atoms with van der Waals surface area (Å²) in [7, 11) is 0. The highest BCUT2D eigenvalue weighted by Gasteiger charge is 2.07. The van der Waals surface area contributed by atoms with Gasteiger partial charge >= 0.3 is 0 Å². The fourth-order valence-electron chi connectivity index (χ4n) is 1.97. The minimum atomic E-state index is 0.924. The third-order valence-electron chi connectivity index (χ3n) is 3.06. The Balaban J connectivity index is 2.29. The topological polar surface area (TPSA) is 29.9 Å². The average molecular weight is 322 g/mol. The lowest BCUT2D eigenvalue weighted by atomic mass is 10.2. The first-order valence-electron chi connectivity index (χ1n) is 6.68. The van der Waals surface area contributed by atoms with Gasteiger partial charge in [-0.25, -0.2) is 4.98 Å². The monoisotopic (exact) mass is 321 g/mol. The minimum Gasteiger partial charge on any atom is -0.355 e. The molecule has 0 atom stereocenters. The van der Waals surface area contributed by atoms with Crippen LogP contribution >= 0.6 is 15.9 Å². The number of nitrogens with one attached hydrogen (secondary N) is 1. The molecule has 0 spiro atoms. The second-order valence-corrected chi connectivity index (χ2v) is 5.64.